The Balaban J connectivity index is 1.06. The molecule has 1 N–H and O–H groups in total. The number of hydrogen-bond acceptors (Lipinski definition) is 7. The number of rotatable bonds is 6. The highest BCUT2D eigenvalue weighted by Crippen LogP contribution is 2.26. The second-order valence-electron chi connectivity index (χ2n) is 8.82. The molecule has 3 aliphatic rings. The number of hydrogen-bond donors (Lipinski definition) is 1. The Bertz CT molecular complexity index is 942. The normalized spacial score (nSPS) is 22.1. The van der Waals surface area contributed by atoms with Crippen molar-refractivity contribution in [2.24, 2.45) is 11.8 Å². The lowest BCUT2D eigenvalue weighted by molar-refractivity contribution is -0.131. The average molecular weight is 437 g/mol. The predicted molar refractivity (Wildman–Crippen MR) is 118 cm³/mol. The molecule has 1 atom stereocenters. The molecule has 168 valence electrons. The lowest BCUT2D eigenvalue weighted by Gasteiger charge is -2.40. The van der Waals surface area contributed by atoms with Crippen LogP contribution in [0.25, 0.3) is 11.3 Å². The monoisotopic (exact) mass is 436 g/mol. The number of nitrogens with one attached hydrogen (secondary N) is 1. The molecule has 0 bridgehead atoms. The van der Waals surface area contributed by atoms with Gasteiger partial charge in [-0.15, -0.1) is 10.2 Å². The summed E-state index contributed by atoms with van der Waals surface area (Å²) in [6, 6.07) is 7.99. The van der Waals surface area contributed by atoms with Gasteiger partial charge in [-0.2, -0.15) is 0 Å². The molecule has 0 saturated carbocycles. The molecule has 0 aliphatic carbocycles. The van der Waals surface area contributed by atoms with Gasteiger partial charge in [0.25, 0.3) is 0 Å². The Kier molecular flexibility index (Phi) is 5.98. The zero-order chi connectivity index (χ0) is 21.9. The van der Waals surface area contributed by atoms with Crippen molar-refractivity contribution in [3.63, 3.8) is 0 Å². The van der Waals surface area contributed by atoms with Crippen molar-refractivity contribution in [3.8, 4) is 11.3 Å². The van der Waals surface area contributed by atoms with E-state index in [9.17, 15) is 9.59 Å². The SMILES string of the molecule is O=C(NCC1CN(c2ccc(-c3ccncc3)nn2)C1)C1CC(=O)N(C2CCOCC2)C1. The minimum Gasteiger partial charge on any atom is -0.381 e. The second kappa shape index (κ2) is 9.20. The Morgan fingerprint density at radius 2 is 1.84 bits per heavy atom. The summed E-state index contributed by atoms with van der Waals surface area (Å²) in [5, 5.41) is 11.7. The Hall–Kier alpha value is -3.07. The van der Waals surface area contributed by atoms with E-state index in [0.717, 1.165) is 43.0 Å². The van der Waals surface area contributed by atoms with Gasteiger partial charge in [-0.1, -0.05) is 0 Å². The smallest absolute Gasteiger partial charge is 0.225 e. The van der Waals surface area contributed by atoms with Gasteiger partial charge in [0.2, 0.25) is 11.8 Å². The van der Waals surface area contributed by atoms with Crippen molar-refractivity contribution in [2.75, 3.05) is 44.3 Å². The maximum Gasteiger partial charge on any atom is 0.225 e. The van der Waals surface area contributed by atoms with Crippen molar-refractivity contribution in [3.05, 3.63) is 36.7 Å². The fraction of sp³-hybridized carbons (Fsp3) is 0.522. The number of pyridine rings is 1. The molecule has 1 unspecified atom stereocenters. The summed E-state index contributed by atoms with van der Waals surface area (Å²) in [6.45, 7) is 4.22. The summed E-state index contributed by atoms with van der Waals surface area (Å²) < 4.78 is 5.39. The minimum atomic E-state index is -0.242. The van der Waals surface area contributed by atoms with Gasteiger partial charge in [-0.3, -0.25) is 14.6 Å². The summed E-state index contributed by atoms with van der Waals surface area (Å²) >= 11 is 0. The maximum absolute atomic E-state index is 12.6. The van der Waals surface area contributed by atoms with Crippen LogP contribution in [-0.2, 0) is 14.3 Å². The fourth-order valence-electron chi connectivity index (χ4n) is 4.70. The highest BCUT2D eigenvalue weighted by Gasteiger charge is 2.38. The van der Waals surface area contributed by atoms with Crippen LogP contribution in [0, 0.1) is 11.8 Å². The highest BCUT2D eigenvalue weighted by molar-refractivity contribution is 5.89. The third-order valence-corrected chi connectivity index (χ3v) is 6.63. The third-order valence-electron chi connectivity index (χ3n) is 6.63. The van der Waals surface area contributed by atoms with Gasteiger partial charge >= 0.3 is 0 Å². The van der Waals surface area contributed by atoms with Crippen LogP contribution in [0.2, 0.25) is 0 Å². The average Bonchev–Trinajstić information content (AvgIpc) is 3.21. The summed E-state index contributed by atoms with van der Waals surface area (Å²) in [4.78, 5) is 33.1. The first kappa shape index (κ1) is 20.8. The molecule has 0 radical (unpaired) electrons. The van der Waals surface area contributed by atoms with Gasteiger partial charge in [0, 0.05) is 75.7 Å². The molecule has 5 heterocycles. The van der Waals surface area contributed by atoms with Crippen molar-refractivity contribution >= 4 is 17.6 Å². The van der Waals surface area contributed by atoms with Crippen LogP contribution in [0.4, 0.5) is 5.82 Å². The summed E-state index contributed by atoms with van der Waals surface area (Å²) in [5.74, 6) is 1.07. The summed E-state index contributed by atoms with van der Waals surface area (Å²) in [7, 11) is 0. The van der Waals surface area contributed by atoms with Crippen LogP contribution in [-0.4, -0.2) is 77.3 Å². The maximum atomic E-state index is 12.6. The summed E-state index contributed by atoms with van der Waals surface area (Å²) in [5.41, 5.74) is 1.81. The molecule has 3 saturated heterocycles. The number of carbonyl (C=O) groups is 2. The molecule has 3 aliphatic heterocycles. The molecule has 3 fully saturated rings. The van der Waals surface area contributed by atoms with Crippen molar-refractivity contribution in [1.29, 1.82) is 0 Å². The largest absolute Gasteiger partial charge is 0.381 e. The molecule has 2 amide bonds. The van der Waals surface area contributed by atoms with Gasteiger partial charge < -0.3 is 19.9 Å². The van der Waals surface area contributed by atoms with E-state index in [2.05, 4.69) is 25.4 Å². The number of likely N-dealkylation sites (tertiary alicyclic amines) is 1. The topological polar surface area (TPSA) is 101 Å². The molecular formula is C23H28N6O3. The first-order valence-corrected chi connectivity index (χ1v) is 11.3. The van der Waals surface area contributed by atoms with E-state index >= 15 is 0 Å². The first-order chi connectivity index (χ1) is 15.7. The molecule has 5 rings (SSSR count). The molecule has 2 aromatic rings. The first-order valence-electron chi connectivity index (χ1n) is 11.3. The molecule has 0 aromatic carbocycles. The van der Waals surface area contributed by atoms with Gasteiger partial charge in [0.1, 0.15) is 0 Å². The number of nitrogens with zero attached hydrogens (tertiary/aromatic N) is 5. The number of aromatic nitrogens is 3. The number of anilines is 1. The second-order valence-corrected chi connectivity index (χ2v) is 8.82. The van der Waals surface area contributed by atoms with Crippen LogP contribution in [0.3, 0.4) is 0 Å². The molecule has 0 spiro atoms. The van der Waals surface area contributed by atoms with Crippen LogP contribution < -0.4 is 10.2 Å². The van der Waals surface area contributed by atoms with Crippen molar-refractivity contribution in [2.45, 2.75) is 25.3 Å². The molecule has 2 aromatic heterocycles. The molecular weight excluding hydrogens is 408 g/mol. The Morgan fingerprint density at radius 1 is 1.06 bits per heavy atom. The third kappa shape index (κ3) is 4.43. The zero-order valence-corrected chi connectivity index (χ0v) is 18.0. The van der Waals surface area contributed by atoms with Gasteiger partial charge in [0.05, 0.1) is 11.6 Å². The zero-order valence-electron chi connectivity index (χ0n) is 18.0. The van der Waals surface area contributed by atoms with Crippen LogP contribution >= 0.6 is 0 Å². The van der Waals surface area contributed by atoms with E-state index in [4.69, 9.17) is 4.74 Å². The van der Waals surface area contributed by atoms with E-state index in [1.165, 1.54) is 0 Å². The number of carbonyl (C=O) groups excluding carboxylic acids is 2. The van der Waals surface area contributed by atoms with E-state index < -0.39 is 0 Å². The van der Waals surface area contributed by atoms with E-state index in [1.54, 1.807) is 12.4 Å². The lowest BCUT2D eigenvalue weighted by Crippen LogP contribution is -2.52. The molecule has 9 heteroatoms. The van der Waals surface area contributed by atoms with Gasteiger partial charge in [0.15, 0.2) is 5.82 Å². The van der Waals surface area contributed by atoms with E-state index in [0.29, 0.717) is 38.6 Å². The quantitative estimate of drug-likeness (QED) is 0.724. The van der Waals surface area contributed by atoms with Crippen molar-refractivity contribution in [1.82, 2.24) is 25.4 Å². The van der Waals surface area contributed by atoms with Crippen LogP contribution in [0.5, 0.6) is 0 Å². The standard InChI is InChI=1S/C23H28N6O3/c30-22-11-18(15-29(22)19-5-9-32-10-6-19)23(31)25-12-16-13-28(14-16)21-2-1-20(26-27-21)17-3-7-24-8-4-17/h1-4,7-8,16,18-19H,5-6,9-15H2,(H,25,31). The highest BCUT2D eigenvalue weighted by atomic mass is 16.5. The van der Waals surface area contributed by atoms with E-state index in [1.807, 2.05) is 29.2 Å². The molecule has 32 heavy (non-hydrogen) atoms. The van der Waals surface area contributed by atoms with Gasteiger partial charge in [-0.25, -0.2) is 0 Å². The Morgan fingerprint density at radius 3 is 2.56 bits per heavy atom. The molecule has 9 nitrogen and oxygen atoms in total. The summed E-state index contributed by atoms with van der Waals surface area (Å²) in [6.07, 6.45) is 5.53. The Labute approximate surface area is 187 Å². The van der Waals surface area contributed by atoms with Crippen LogP contribution in [0.15, 0.2) is 36.7 Å². The predicted octanol–water partition coefficient (Wildman–Crippen LogP) is 1.12. The van der Waals surface area contributed by atoms with Crippen LogP contribution in [0.1, 0.15) is 19.3 Å². The van der Waals surface area contributed by atoms with Crippen molar-refractivity contribution < 1.29 is 14.3 Å². The minimum absolute atomic E-state index is 0.00662. The number of ether oxygens (including phenoxy) is 1. The van der Waals surface area contributed by atoms with Gasteiger partial charge in [-0.05, 0) is 37.1 Å². The lowest BCUT2D eigenvalue weighted by atomic mass is 9.99. The van der Waals surface area contributed by atoms with E-state index in [-0.39, 0.29) is 23.8 Å². The fourth-order valence-corrected chi connectivity index (χ4v) is 4.70. The number of amides is 2.